The first-order valence-corrected chi connectivity index (χ1v) is 8.98. The van der Waals surface area contributed by atoms with E-state index in [0.29, 0.717) is 5.92 Å². The quantitative estimate of drug-likeness (QED) is 0.920. The normalized spacial score (nSPS) is 28.8. The zero-order valence-corrected chi connectivity index (χ0v) is 14.4. The Hall–Kier alpha value is -0.980. The van der Waals surface area contributed by atoms with E-state index < -0.39 is 0 Å². The molecule has 1 amide bonds. The SMILES string of the molecule is Cc1ncsc1CN1CC[C@@H]2C[C@@H](C(=O)NC(C)C)O[C@H]2C1. The van der Waals surface area contributed by atoms with E-state index in [1.54, 1.807) is 11.3 Å². The van der Waals surface area contributed by atoms with Crippen LogP contribution in [-0.2, 0) is 16.1 Å². The first-order valence-electron chi connectivity index (χ1n) is 8.10. The molecule has 2 fully saturated rings. The molecule has 2 saturated heterocycles. The second kappa shape index (κ2) is 6.64. The Bertz CT molecular complexity index is 531. The third kappa shape index (κ3) is 3.50. The Morgan fingerprint density at radius 1 is 1.59 bits per heavy atom. The maximum absolute atomic E-state index is 12.1. The smallest absolute Gasteiger partial charge is 0.249 e. The highest BCUT2D eigenvalue weighted by atomic mass is 32.1. The van der Waals surface area contributed by atoms with Crippen LogP contribution < -0.4 is 5.32 Å². The second-order valence-corrected chi connectivity index (χ2v) is 7.65. The summed E-state index contributed by atoms with van der Waals surface area (Å²) in [5.41, 5.74) is 3.05. The van der Waals surface area contributed by atoms with Gasteiger partial charge < -0.3 is 10.1 Å². The van der Waals surface area contributed by atoms with Crippen LogP contribution >= 0.6 is 11.3 Å². The van der Waals surface area contributed by atoms with E-state index in [1.165, 1.54) is 4.88 Å². The zero-order valence-electron chi connectivity index (χ0n) is 13.5. The minimum atomic E-state index is -0.262. The number of nitrogens with one attached hydrogen (secondary N) is 1. The molecule has 1 aromatic heterocycles. The van der Waals surface area contributed by atoms with E-state index in [0.717, 1.165) is 38.2 Å². The number of ether oxygens (including phenoxy) is 1. The predicted octanol–water partition coefficient (Wildman–Crippen LogP) is 1.96. The van der Waals surface area contributed by atoms with Gasteiger partial charge in [-0.15, -0.1) is 11.3 Å². The maximum atomic E-state index is 12.1. The summed E-state index contributed by atoms with van der Waals surface area (Å²) < 4.78 is 6.04. The fourth-order valence-electron chi connectivity index (χ4n) is 3.37. The van der Waals surface area contributed by atoms with Gasteiger partial charge >= 0.3 is 0 Å². The number of aromatic nitrogens is 1. The Morgan fingerprint density at radius 3 is 3.09 bits per heavy atom. The summed E-state index contributed by atoms with van der Waals surface area (Å²) >= 11 is 1.72. The van der Waals surface area contributed by atoms with Gasteiger partial charge in [-0.2, -0.15) is 0 Å². The molecule has 2 aliphatic rings. The van der Waals surface area contributed by atoms with Gasteiger partial charge in [-0.05, 0) is 46.1 Å². The standard InChI is InChI=1S/C16H25N3O2S/c1-10(2)18-16(20)13-6-12-4-5-19(7-14(12)21-13)8-15-11(3)17-9-22-15/h9-10,12-14H,4-8H2,1-3H3,(H,18,20)/t12-,13+,14+/m1/s1. The Balaban J connectivity index is 1.55. The molecular weight excluding hydrogens is 298 g/mol. The molecule has 1 N–H and O–H groups in total. The molecule has 5 nitrogen and oxygen atoms in total. The minimum absolute atomic E-state index is 0.0502. The van der Waals surface area contributed by atoms with Gasteiger partial charge in [0.15, 0.2) is 0 Å². The van der Waals surface area contributed by atoms with E-state index in [2.05, 4.69) is 22.1 Å². The number of nitrogens with zero attached hydrogens (tertiary/aromatic N) is 2. The van der Waals surface area contributed by atoms with Crippen molar-refractivity contribution in [3.63, 3.8) is 0 Å². The van der Waals surface area contributed by atoms with Crippen LogP contribution in [0.3, 0.4) is 0 Å². The van der Waals surface area contributed by atoms with Gasteiger partial charge in [0.1, 0.15) is 6.10 Å². The van der Waals surface area contributed by atoms with Gasteiger partial charge in [-0.1, -0.05) is 0 Å². The average molecular weight is 323 g/mol. The second-order valence-electron chi connectivity index (χ2n) is 6.71. The highest BCUT2D eigenvalue weighted by Gasteiger charge is 2.41. The first kappa shape index (κ1) is 15.9. The highest BCUT2D eigenvalue weighted by Crippen LogP contribution is 2.34. The number of carbonyl (C=O) groups excluding carboxylic acids is 1. The van der Waals surface area contributed by atoms with Gasteiger partial charge in [0.2, 0.25) is 5.91 Å². The summed E-state index contributed by atoms with van der Waals surface area (Å²) in [7, 11) is 0. The van der Waals surface area contributed by atoms with E-state index in [9.17, 15) is 4.79 Å². The van der Waals surface area contributed by atoms with Crippen molar-refractivity contribution in [2.45, 2.75) is 58.4 Å². The maximum Gasteiger partial charge on any atom is 0.249 e. The number of rotatable bonds is 4. The fourth-order valence-corrected chi connectivity index (χ4v) is 4.18. The van der Waals surface area contributed by atoms with Crippen molar-refractivity contribution in [1.29, 1.82) is 0 Å². The number of amides is 1. The lowest BCUT2D eigenvalue weighted by molar-refractivity contribution is -0.133. The van der Waals surface area contributed by atoms with Crippen molar-refractivity contribution in [3.8, 4) is 0 Å². The molecule has 6 heteroatoms. The van der Waals surface area contributed by atoms with Crippen molar-refractivity contribution >= 4 is 17.2 Å². The van der Waals surface area contributed by atoms with Crippen LogP contribution in [0.4, 0.5) is 0 Å². The number of likely N-dealkylation sites (tertiary alicyclic amines) is 1. The highest BCUT2D eigenvalue weighted by molar-refractivity contribution is 7.09. The molecule has 22 heavy (non-hydrogen) atoms. The van der Waals surface area contributed by atoms with E-state index >= 15 is 0 Å². The summed E-state index contributed by atoms with van der Waals surface area (Å²) in [6, 6.07) is 0.171. The van der Waals surface area contributed by atoms with Crippen LogP contribution in [0.1, 0.15) is 37.3 Å². The van der Waals surface area contributed by atoms with Gasteiger partial charge in [-0.25, -0.2) is 4.98 Å². The summed E-state index contributed by atoms with van der Waals surface area (Å²) in [5.74, 6) is 0.580. The van der Waals surface area contributed by atoms with E-state index in [4.69, 9.17) is 4.74 Å². The molecule has 0 radical (unpaired) electrons. The van der Waals surface area contributed by atoms with Crippen molar-refractivity contribution in [2.24, 2.45) is 5.92 Å². The molecule has 0 unspecified atom stereocenters. The number of thiazole rings is 1. The molecule has 2 aliphatic heterocycles. The fraction of sp³-hybridized carbons (Fsp3) is 0.750. The monoisotopic (exact) mass is 323 g/mol. The summed E-state index contributed by atoms with van der Waals surface area (Å²) in [5, 5.41) is 2.97. The molecule has 0 aromatic carbocycles. The molecule has 0 aliphatic carbocycles. The molecule has 0 bridgehead atoms. The zero-order chi connectivity index (χ0) is 15.7. The lowest BCUT2D eigenvalue weighted by Crippen LogP contribution is -2.42. The summed E-state index contributed by atoms with van der Waals surface area (Å²) in [6.45, 7) is 8.99. The number of aryl methyl sites for hydroxylation is 1. The number of piperidine rings is 1. The molecule has 1 aromatic rings. The van der Waals surface area contributed by atoms with Crippen LogP contribution in [0.15, 0.2) is 5.51 Å². The van der Waals surface area contributed by atoms with Crippen LogP contribution in [0.25, 0.3) is 0 Å². The third-order valence-electron chi connectivity index (χ3n) is 4.57. The van der Waals surface area contributed by atoms with Crippen molar-refractivity contribution < 1.29 is 9.53 Å². The van der Waals surface area contributed by atoms with Gasteiger partial charge in [-0.3, -0.25) is 9.69 Å². The number of hydrogen-bond acceptors (Lipinski definition) is 5. The van der Waals surface area contributed by atoms with Gasteiger partial charge in [0.25, 0.3) is 0 Å². The van der Waals surface area contributed by atoms with Crippen molar-refractivity contribution in [2.75, 3.05) is 13.1 Å². The molecule has 122 valence electrons. The van der Waals surface area contributed by atoms with Crippen LogP contribution in [0, 0.1) is 12.8 Å². The van der Waals surface area contributed by atoms with Crippen molar-refractivity contribution in [1.82, 2.24) is 15.2 Å². The topological polar surface area (TPSA) is 54.5 Å². The van der Waals surface area contributed by atoms with Crippen molar-refractivity contribution in [3.05, 3.63) is 16.1 Å². The minimum Gasteiger partial charge on any atom is -0.364 e. The lowest BCUT2D eigenvalue weighted by Gasteiger charge is -2.33. The summed E-state index contributed by atoms with van der Waals surface area (Å²) in [4.78, 5) is 20.2. The predicted molar refractivity (Wildman–Crippen MR) is 86.8 cm³/mol. The Kier molecular flexibility index (Phi) is 4.80. The molecule has 0 saturated carbocycles. The number of fused-ring (bicyclic) bond motifs is 1. The Labute approximate surface area is 136 Å². The molecule has 3 rings (SSSR count). The largest absolute Gasteiger partial charge is 0.364 e. The molecular formula is C16H25N3O2S. The third-order valence-corrected chi connectivity index (χ3v) is 5.49. The van der Waals surface area contributed by atoms with Gasteiger partial charge in [0.05, 0.1) is 17.3 Å². The molecule has 3 atom stereocenters. The summed E-state index contributed by atoms with van der Waals surface area (Å²) in [6.07, 6.45) is 1.93. The number of carbonyl (C=O) groups is 1. The van der Waals surface area contributed by atoms with Crippen LogP contribution in [-0.4, -0.2) is 47.1 Å². The number of hydrogen-bond donors (Lipinski definition) is 1. The van der Waals surface area contributed by atoms with Crippen LogP contribution in [0.5, 0.6) is 0 Å². The van der Waals surface area contributed by atoms with E-state index in [1.807, 2.05) is 19.4 Å². The first-order chi connectivity index (χ1) is 10.5. The molecule has 3 heterocycles. The molecule has 0 spiro atoms. The Morgan fingerprint density at radius 2 is 2.41 bits per heavy atom. The van der Waals surface area contributed by atoms with Gasteiger partial charge in [0, 0.05) is 24.0 Å². The van der Waals surface area contributed by atoms with E-state index in [-0.39, 0.29) is 24.2 Å². The lowest BCUT2D eigenvalue weighted by atomic mass is 9.91. The average Bonchev–Trinajstić information content (AvgIpc) is 3.04. The van der Waals surface area contributed by atoms with Crippen LogP contribution in [0.2, 0.25) is 0 Å².